The Labute approximate surface area is 160 Å². The van der Waals surface area contributed by atoms with Crippen LogP contribution in [0.2, 0.25) is 0 Å². The summed E-state index contributed by atoms with van der Waals surface area (Å²) in [5.41, 5.74) is 1.83. The monoisotopic (exact) mass is 373 g/mol. The van der Waals surface area contributed by atoms with Crippen molar-refractivity contribution in [2.45, 2.75) is 12.6 Å². The molecule has 0 aliphatic carbocycles. The highest BCUT2D eigenvalue weighted by Gasteiger charge is 2.57. The maximum absolute atomic E-state index is 14.1. The third kappa shape index (κ3) is 2.11. The highest BCUT2D eigenvalue weighted by molar-refractivity contribution is 6.21. The fraction of sp³-hybridized carbons (Fsp3) is 0.0909. The number of hydrogen-bond acceptors (Lipinski definition) is 3. The second-order valence-corrected chi connectivity index (χ2v) is 7.00. The quantitative estimate of drug-likeness (QED) is 0.678. The van der Waals surface area contributed by atoms with Gasteiger partial charge in [0.2, 0.25) is 5.66 Å². The number of carbonyl (C=O) groups is 2. The number of rotatable bonds is 1. The van der Waals surface area contributed by atoms with Crippen LogP contribution in [-0.4, -0.2) is 11.8 Å². The lowest BCUT2D eigenvalue weighted by Gasteiger charge is -2.44. The average molecular weight is 373 g/mol. The van der Waals surface area contributed by atoms with E-state index in [2.05, 4.69) is 10.6 Å². The van der Waals surface area contributed by atoms with E-state index in [1.54, 1.807) is 36.4 Å². The highest BCUT2D eigenvalue weighted by atomic mass is 19.1. The van der Waals surface area contributed by atoms with Crippen LogP contribution < -0.4 is 15.5 Å². The summed E-state index contributed by atoms with van der Waals surface area (Å²) in [6.07, 6.45) is 0. The van der Waals surface area contributed by atoms with Crippen molar-refractivity contribution in [1.82, 2.24) is 0 Å². The molecule has 5 nitrogen and oxygen atoms in total. The molecule has 2 N–H and O–H groups in total. The molecule has 1 atom stereocenters. The molecular formula is C22H16FN3O2. The van der Waals surface area contributed by atoms with Gasteiger partial charge < -0.3 is 10.6 Å². The minimum absolute atomic E-state index is 0.328. The number of para-hydroxylation sites is 1. The molecular weight excluding hydrogens is 357 g/mol. The Morgan fingerprint density at radius 2 is 1.68 bits per heavy atom. The zero-order chi connectivity index (χ0) is 19.5. The number of carbonyl (C=O) groups excluding carboxylic acids is 2. The van der Waals surface area contributed by atoms with E-state index < -0.39 is 17.4 Å². The topological polar surface area (TPSA) is 61.4 Å². The first kappa shape index (κ1) is 16.5. The Morgan fingerprint density at radius 3 is 2.46 bits per heavy atom. The van der Waals surface area contributed by atoms with Crippen molar-refractivity contribution < 1.29 is 14.0 Å². The third-order valence-electron chi connectivity index (χ3n) is 5.25. The average Bonchev–Trinajstić information content (AvgIpc) is 2.95. The number of aryl methyl sites for hydroxylation is 1. The van der Waals surface area contributed by atoms with Gasteiger partial charge >= 0.3 is 0 Å². The van der Waals surface area contributed by atoms with Crippen molar-refractivity contribution in [3.05, 3.63) is 89.2 Å². The van der Waals surface area contributed by atoms with Gasteiger partial charge in [0.05, 0.1) is 5.56 Å². The van der Waals surface area contributed by atoms with Gasteiger partial charge in [-0.2, -0.15) is 0 Å². The van der Waals surface area contributed by atoms with Crippen molar-refractivity contribution in [1.29, 1.82) is 0 Å². The fourth-order valence-electron chi connectivity index (χ4n) is 3.91. The van der Waals surface area contributed by atoms with Crippen LogP contribution in [0.4, 0.5) is 21.5 Å². The van der Waals surface area contributed by atoms with Gasteiger partial charge in [0, 0.05) is 22.6 Å². The van der Waals surface area contributed by atoms with E-state index in [0.29, 0.717) is 28.2 Å². The first-order chi connectivity index (χ1) is 13.5. The molecule has 0 bridgehead atoms. The van der Waals surface area contributed by atoms with Crippen LogP contribution in [0.3, 0.4) is 0 Å². The number of amides is 2. The predicted molar refractivity (Wildman–Crippen MR) is 105 cm³/mol. The molecule has 3 aromatic carbocycles. The van der Waals surface area contributed by atoms with Gasteiger partial charge in [0.1, 0.15) is 5.82 Å². The molecule has 138 valence electrons. The number of hydrogen-bond donors (Lipinski definition) is 2. The summed E-state index contributed by atoms with van der Waals surface area (Å²) in [5, 5.41) is 6.01. The molecule has 0 fully saturated rings. The van der Waals surface area contributed by atoms with Crippen LogP contribution in [0.1, 0.15) is 21.5 Å². The van der Waals surface area contributed by atoms with E-state index in [1.807, 2.05) is 19.1 Å². The predicted octanol–water partition coefficient (Wildman–Crippen LogP) is 4.01. The van der Waals surface area contributed by atoms with E-state index in [4.69, 9.17) is 0 Å². The molecule has 1 unspecified atom stereocenters. The summed E-state index contributed by atoms with van der Waals surface area (Å²) < 4.78 is 14.1. The van der Waals surface area contributed by atoms with Gasteiger partial charge in [-0.05, 0) is 49.4 Å². The molecule has 2 aliphatic rings. The van der Waals surface area contributed by atoms with Crippen LogP contribution in [0.25, 0.3) is 0 Å². The minimum Gasteiger partial charge on any atom is -0.350 e. The Morgan fingerprint density at radius 1 is 0.929 bits per heavy atom. The first-order valence-electron chi connectivity index (χ1n) is 8.90. The Hall–Kier alpha value is -3.67. The third-order valence-corrected chi connectivity index (χ3v) is 5.25. The van der Waals surface area contributed by atoms with Gasteiger partial charge in [-0.1, -0.05) is 29.8 Å². The number of anilines is 3. The van der Waals surface area contributed by atoms with E-state index in [-0.39, 0.29) is 5.91 Å². The molecule has 6 heteroatoms. The lowest BCUT2D eigenvalue weighted by Crippen LogP contribution is -2.61. The van der Waals surface area contributed by atoms with Crippen LogP contribution in [0.15, 0.2) is 66.7 Å². The molecule has 5 rings (SSSR count). The van der Waals surface area contributed by atoms with Gasteiger partial charge in [0.15, 0.2) is 0 Å². The maximum Gasteiger partial charge on any atom is 0.276 e. The first-order valence-corrected chi connectivity index (χ1v) is 8.90. The summed E-state index contributed by atoms with van der Waals surface area (Å²) in [6.45, 7) is 1.94. The summed E-state index contributed by atoms with van der Waals surface area (Å²) in [4.78, 5) is 28.2. The van der Waals surface area contributed by atoms with Crippen molar-refractivity contribution in [2.75, 3.05) is 15.5 Å². The van der Waals surface area contributed by atoms with Gasteiger partial charge in [0.25, 0.3) is 11.8 Å². The standard InChI is InChI=1S/C22H16FN3O2/c1-13-6-9-15(10-7-13)26-20(27)16-4-2-3-5-18(16)25-22(26)17-12-14(23)8-11-19(17)24-21(22)28/h2-12,25H,1H3,(H,24,28). The summed E-state index contributed by atoms with van der Waals surface area (Å²) in [5.74, 6) is -1.24. The number of benzene rings is 3. The van der Waals surface area contributed by atoms with E-state index in [1.165, 1.54) is 23.1 Å². The van der Waals surface area contributed by atoms with Crippen LogP contribution in [0, 0.1) is 12.7 Å². The normalized spacial score (nSPS) is 19.9. The molecule has 0 radical (unpaired) electrons. The fourth-order valence-corrected chi connectivity index (χ4v) is 3.91. The Kier molecular flexibility index (Phi) is 3.34. The van der Waals surface area contributed by atoms with Crippen LogP contribution in [-0.2, 0) is 10.5 Å². The lowest BCUT2D eigenvalue weighted by molar-refractivity contribution is -0.119. The second kappa shape index (κ2) is 5.66. The molecule has 0 aromatic heterocycles. The molecule has 0 saturated carbocycles. The van der Waals surface area contributed by atoms with Crippen molar-refractivity contribution >= 4 is 28.9 Å². The maximum atomic E-state index is 14.1. The number of fused-ring (bicyclic) bond motifs is 3. The highest BCUT2D eigenvalue weighted by Crippen LogP contribution is 2.47. The largest absolute Gasteiger partial charge is 0.350 e. The molecule has 1 spiro atoms. The molecule has 3 aromatic rings. The summed E-state index contributed by atoms with van der Waals surface area (Å²) in [6, 6.07) is 18.4. The van der Waals surface area contributed by atoms with Gasteiger partial charge in [-0.25, -0.2) is 4.39 Å². The van der Waals surface area contributed by atoms with Gasteiger partial charge in [-0.3, -0.25) is 14.5 Å². The van der Waals surface area contributed by atoms with Crippen LogP contribution in [0.5, 0.6) is 0 Å². The van der Waals surface area contributed by atoms with Gasteiger partial charge in [-0.15, -0.1) is 0 Å². The zero-order valence-corrected chi connectivity index (χ0v) is 15.0. The molecule has 28 heavy (non-hydrogen) atoms. The minimum atomic E-state index is -1.57. The van der Waals surface area contributed by atoms with E-state index in [9.17, 15) is 14.0 Å². The Bertz CT molecular complexity index is 1140. The van der Waals surface area contributed by atoms with E-state index in [0.717, 1.165) is 5.56 Å². The molecule has 2 aliphatic heterocycles. The van der Waals surface area contributed by atoms with Crippen LogP contribution >= 0.6 is 0 Å². The summed E-state index contributed by atoms with van der Waals surface area (Å²) >= 11 is 0. The molecule has 2 amide bonds. The van der Waals surface area contributed by atoms with Crippen molar-refractivity contribution in [3.8, 4) is 0 Å². The number of halogens is 1. The zero-order valence-electron chi connectivity index (χ0n) is 15.0. The van der Waals surface area contributed by atoms with Crippen molar-refractivity contribution in [2.24, 2.45) is 0 Å². The Balaban J connectivity index is 1.82. The lowest BCUT2D eigenvalue weighted by atomic mass is 9.92. The molecule has 2 heterocycles. The number of nitrogens with one attached hydrogen (secondary N) is 2. The smallest absolute Gasteiger partial charge is 0.276 e. The van der Waals surface area contributed by atoms with Crippen molar-refractivity contribution in [3.63, 3.8) is 0 Å². The second-order valence-electron chi connectivity index (χ2n) is 7.00. The summed E-state index contributed by atoms with van der Waals surface area (Å²) in [7, 11) is 0. The molecule has 0 saturated heterocycles. The SMILES string of the molecule is Cc1ccc(N2C(=O)c3ccccc3NC23C(=O)Nc2ccc(F)cc23)cc1. The number of nitrogens with zero attached hydrogens (tertiary/aromatic N) is 1. The van der Waals surface area contributed by atoms with E-state index >= 15 is 0 Å².